The number of nitrogens with zero attached hydrogens (tertiary/aromatic N) is 6. The zero-order valence-electron chi connectivity index (χ0n) is 12.9. The Labute approximate surface area is 133 Å². The van der Waals surface area contributed by atoms with E-state index in [0.717, 1.165) is 63.2 Å². The van der Waals surface area contributed by atoms with Crippen molar-refractivity contribution in [3.05, 3.63) is 35.9 Å². The quantitative estimate of drug-likeness (QED) is 0.829. The van der Waals surface area contributed by atoms with E-state index in [1.54, 1.807) is 6.20 Å². The van der Waals surface area contributed by atoms with Gasteiger partial charge in [0, 0.05) is 38.8 Å². The van der Waals surface area contributed by atoms with Gasteiger partial charge in [-0.15, -0.1) is 10.2 Å². The Morgan fingerprint density at radius 1 is 1.09 bits per heavy atom. The molecule has 0 aromatic carbocycles. The van der Waals surface area contributed by atoms with Crippen LogP contribution in [0.25, 0.3) is 0 Å². The molecule has 2 aromatic heterocycles. The zero-order chi connectivity index (χ0) is 15.6. The molecule has 8 heteroatoms. The van der Waals surface area contributed by atoms with Crippen LogP contribution in [0.3, 0.4) is 0 Å². The molecule has 7 nitrogen and oxygen atoms in total. The predicted octanol–water partition coefficient (Wildman–Crippen LogP) is 0.665. The van der Waals surface area contributed by atoms with Crippen LogP contribution in [0, 0.1) is 5.82 Å². The molecule has 0 saturated carbocycles. The molecule has 1 fully saturated rings. The van der Waals surface area contributed by atoms with Crippen molar-refractivity contribution >= 4 is 5.69 Å². The van der Waals surface area contributed by atoms with Crippen molar-refractivity contribution in [2.75, 3.05) is 37.7 Å². The maximum atomic E-state index is 13.3. The van der Waals surface area contributed by atoms with Crippen molar-refractivity contribution in [2.45, 2.75) is 19.7 Å². The van der Waals surface area contributed by atoms with Crippen LogP contribution in [-0.2, 0) is 24.4 Å². The van der Waals surface area contributed by atoms with E-state index in [-0.39, 0.29) is 5.82 Å². The third-order valence-corrected chi connectivity index (χ3v) is 4.39. The zero-order valence-corrected chi connectivity index (χ0v) is 12.9. The average molecular weight is 318 g/mol. The lowest BCUT2D eigenvalue weighted by Crippen LogP contribution is -2.46. The van der Waals surface area contributed by atoms with Crippen molar-refractivity contribution in [1.82, 2.24) is 24.6 Å². The molecule has 122 valence electrons. The van der Waals surface area contributed by atoms with Crippen molar-refractivity contribution in [3.63, 3.8) is 0 Å². The van der Waals surface area contributed by atoms with E-state index in [4.69, 9.17) is 4.74 Å². The van der Waals surface area contributed by atoms with Crippen LogP contribution in [0.15, 0.2) is 18.5 Å². The molecule has 0 radical (unpaired) electrons. The molecule has 0 spiro atoms. The van der Waals surface area contributed by atoms with Gasteiger partial charge in [-0.25, -0.2) is 4.39 Å². The first-order valence-electron chi connectivity index (χ1n) is 7.86. The molecule has 2 aromatic rings. The molecule has 0 bridgehead atoms. The van der Waals surface area contributed by atoms with Gasteiger partial charge in [0.1, 0.15) is 18.2 Å². The summed E-state index contributed by atoms with van der Waals surface area (Å²) >= 11 is 0. The fourth-order valence-corrected chi connectivity index (χ4v) is 3.11. The van der Waals surface area contributed by atoms with Crippen LogP contribution in [-0.4, -0.2) is 57.4 Å². The Balaban J connectivity index is 1.37. The average Bonchev–Trinajstić information content (AvgIpc) is 2.99. The molecular weight excluding hydrogens is 299 g/mol. The number of pyridine rings is 1. The Kier molecular flexibility index (Phi) is 3.92. The third-order valence-electron chi connectivity index (χ3n) is 4.39. The van der Waals surface area contributed by atoms with Crippen molar-refractivity contribution in [1.29, 1.82) is 0 Å². The summed E-state index contributed by atoms with van der Waals surface area (Å²) in [6.07, 6.45) is 2.95. The molecule has 2 aliphatic heterocycles. The molecule has 1 saturated heterocycles. The normalized spacial score (nSPS) is 18.9. The Hall–Kier alpha value is -2.06. The Morgan fingerprint density at radius 3 is 2.78 bits per heavy atom. The molecule has 2 aliphatic rings. The number of ether oxygens (including phenoxy) is 1. The van der Waals surface area contributed by atoms with E-state index in [9.17, 15) is 4.39 Å². The van der Waals surface area contributed by atoms with Gasteiger partial charge < -0.3 is 14.2 Å². The monoisotopic (exact) mass is 318 g/mol. The first kappa shape index (κ1) is 14.5. The standard InChI is InChI=1S/C15H19FN6O/c16-12-7-13(9-17-8-12)21-3-1-20(2-4-21)10-14-18-19-15-11-23-6-5-22(14)15/h7-9H,1-6,10-11H2. The van der Waals surface area contributed by atoms with E-state index in [0.29, 0.717) is 6.61 Å². The summed E-state index contributed by atoms with van der Waals surface area (Å²) < 4.78 is 20.8. The van der Waals surface area contributed by atoms with Crippen LogP contribution < -0.4 is 4.90 Å². The van der Waals surface area contributed by atoms with E-state index >= 15 is 0 Å². The number of halogens is 1. The van der Waals surface area contributed by atoms with E-state index in [1.165, 1.54) is 12.3 Å². The van der Waals surface area contributed by atoms with E-state index in [1.807, 2.05) is 0 Å². The number of hydrogen-bond donors (Lipinski definition) is 0. The van der Waals surface area contributed by atoms with Gasteiger partial charge in [0.25, 0.3) is 0 Å². The fourth-order valence-electron chi connectivity index (χ4n) is 3.11. The largest absolute Gasteiger partial charge is 0.372 e. The minimum Gasteiger partial charge on any atom is -0.372 e. The van der Waals surface area contributed by atoms with E-state index < -0.39 is 0 Å². The molecule has 0 amide bonds. The highest BCUT2D eigenvalue weighted by Gasteiger charge is 2.22. The minimum atomic E-state index is -0.290. The first-order chi connectivity index (χ1) is 11.3. The smallest absolute Gasteiger partial charge is 0.159 e. The molecule has 23 heavy (non-hydrogen) atoms. The molecular formula is C15H19FN6O. The van der Waals surface area contributed by atoms with Gasteiger partial charge in [0.15, 0.2) is 5.82 Å². The number of piperazine rings is 1. The number of anilines is 1. The summed E-state index contributed by atoms with van der Waals surface area (Å²) in [4.78, 5) is 8.45. The minimum absolute atomic E-state index is 0.290. The third kappa shape index (κ3) is 3.04. The van der Waals surface area contributed by atoms with Gasteiger partial charge in [0.2, 0.25) is 0 Å². The first-order valence-corrected chi connectivity index (χ1v) is 7.86. The predicted molar refractivity (Wildman–Crippen MR) is 81.4 cm³/mol. The lowest BCUT2D eigenvalue weighted by molar-refractivity contribution is 0.0795. The maximum Gasteiger partial charge on any atom is 0.159 e. The highest BCUT2D eigenvalue weighted by Crippen LogP contribution is 2.17. The second kappa shape index (κ2) is 6.21. The number of hydrogen-bond acceptors (Lipinski definition) is 6. The summed E-state index contributed by atoms with van der Waals surface area (Å²) in [6, 6.07) is 1.54. The summed E-state index contributed by atoms with van der Waals surface area (Å²) in [5, 5.41) is 8.49. The van der Waals surface area contributed by atoms with Crippen LogP contribution >= 0.6 is 0 Å². The summed E-state index contributed by atoms with van der Waals surface area (Å²) in [7, 11) is 0. The molecule has 0 atom stereocenters. The van der Waals surface area contributed by atoms with Gasteiger partial charge in [-0.05, 0) is 0 Å². The SMILES string of the molecule is Fc1cncc(N2CCN(Cc3nnc4n3CCOC4)CC2)c1. The van der Waals surface area contributed by atoms with Crippen LogP contribution in [0.4, 0.5) is 10.1 Å². The second-order valence-electron chi connectivity index (χ2n) is 5.86. The van der Waals surface area contributed by atoms with Crippen LogP contribution in [0.1, 0.15) is 11.6 Å². The summed E-state index contributed by atoms with van der Waals surface area (Å²) in [6.45, 7) is 6.43. The molecule has 0 aliphatic carbocycles. The lowest BCUT2D eigenvalue weighted by Gasteiger charge is -2.35. The summed E-state index contributed by atoms with van der Waals surface area (Å²) in [5.41, 5.74) is 0.849. The molecule has 0 N–H and O–H groups in total. The van der Waals surface area contributed by atoms with Gasteiger partial charge in [-0.2, -0.15) is 0 Å². The Bertz CT molecular complexity index is 682. The number of aromatic nitrogens is 4. The van der Waals surface area contributed by atoms with Crippen molar-refractivity contribution in [2.24, 2.45) is 0 Å². The van der Waals surface area contributed by atoms with Gasteiger partial charge in [-0.3, -0.25) is 9.88 Å². The Morgan fingerprint density at radius 2 is 1.96 bits per heavy atom. The summed E-state index contributed by atoms with van der Waals surface area (Å²) in [5.74, 6) is 1.63. The van der Waals surface area contributed by atoms with Gasteiger partial charge in [0.05, 0.1) is 31.2 Å². The topological polar surface area (TPSA) is 59.3 Å². The van der Waals surface area contributed by atoms with Crippen LogP contribution in [0.2, 0.25) is 0 Å². The fraction of sp³-hybridized carbons (Fsp3) is 0.533. The van der Waals surface area contributed by atoms with Crippen molar-refractivity contribution in [3.8, 4) is 0 Å². The number of fused-ring (bicyclic) bond motifs is 1. The highest BCUT2D eigenvalue weighted by atomic mass is 19.1. The highest BCUT2D eigenvalue weighted by molar-refractivity contribution is 5.44. The lowest BCUT2D eigenvalue weighted by atomic mass is 10.2. The molecule has 0 unspecified atom stereocenters. The van der Waals surface area contributed by atoms with Gasteiger partial charge >= 0.3 is 0 Å². The van der Waals surface area contributed by atoms with Crippen molar-refractivity contribution < 1.29 is 9.13 Å². The maximum absolute atomic E-state index is 13.3. The molecule has 4 rings (SSSR count). The van der Waals surface area contributed by atoms with Gasteiger partial charge in [-0.1, -0.05) is 0 Å². The van der Waals surface area contributed by atoms with Crippen LogP contribution in [0.5, 0.6) is 0 Å². The second-order valence-corrected chi connectivity index (χ2v) is 5.86. The molecule has 4 heterocycles. The number of rotatable bonds is 3. The van der Waals surface area contributed by atoms with E-state index in [2.05, 4.69) is 29.5 Å².